The Morgan fingerprint density at radius 3 is 1.62 bits per heavy atom. The van der Waals surface area contributed by atoms with Crippen molar-refractivity contribution in [3.63, 3.8) is 0 Å². The molecule has 2 aromatic carbocycles. The highest BCUT2D eigenvalue weighted by Crippen LogP contribution is 2.07. The number of carbonyl (C=O) groups is 2. The molecule has 0 saturated carbocycles. The van der Waals surface area contributed by atoms with E-state index in [4.69, 9.17) is 20.0 Å². The highest BCUT2D eigenvalue weighted by molar-refractivity contribution is 5.91. The van der Waals surface area contributed by atoms with E-state index in [9.17, 15) is 9.59 Å². The van der Waals surface area contributed by atoms with Crippen LogP contribution in [0.25, 0.3) is 0 Å². The van der Waals surface area contributed by atoms with Crippen LogP contribution in [0.1, 0.15) is 22.3 Å². The van der Waals surface area contributed by atoms with E-state index >= 15 is 0 Å². The van der Waals surface area contributed by atoms with Crippen LogP contribution < -0.4 is 0 Å². The fraction of sp³-hybridized carbons (Fsp3) is 0.100. The van der Waals surface area contributed by atoms with E-state index in [-0.39, 0.29) is 13.2 Å². The van der Waals surface area contributed by atoms with Crippen molar-refractivity contribution in [3.8, 4) is 12.1 Å². The lowest BCUT2D eigenvalue weighted by Crippen LogP contribution is -2.05. The summed E-state index contributed by atoms with van der Waals surface area (Å²) in [5.74, 6) is -1.40. The Labute approximate surface area is 150 Å². The summed E-state index contributed by atoms with van der Waals surface area (Å²) in [4.78, 5) is 23.2. The van der Waals surface area contributed by atoms with Gasteiger partial charge in [-0.25, -0.2) is 9.59 Å². The van der Waals surface area contributed by atoms with Gasteiger partial charge in [0.2, 0.25) is 0 Å². The molecule has 0 radical (unpaired) electrons. The number of carbonyl (C=O) groups excluding carboxylic acids is 2. The van der Waals surface area contributed by atoms with Gasteiger partial charge in [0.25, 0.3) is 0 Å². The van der Waals surface area contributed by atoms with Gasteiger partial charge in [0.05, 0.1) is 23.3 Å². The minimum absolute atomic E-state index is 0.00526. The Bertz CT molecular complexity index is 844. The molecule has 6 nitrogen and oxygen atoms in total. The molecule has 0 N–H and O–H groups in total. The van der Waals surface area contributed by atoms with Gasteiger partial charge in [0.1, 0.15) is 13.2 Å². The Morgan fingerprint density at radius 2 is 1.23 bits per heavy atom. The summed E-state index contributed by atoms with van der Waals surface area (Å²) in [5.41, 5.74) is 2.28. The number of esters is 2. The van der Waals surface area contributed by atoms with Crippen molar-refractivity contribution in [1.82, 2.24) is 0 Å². The molecule has 0 fully saturated rings. The second-order valence-corrected chi connectivity index (χ2v) is 5.17. The zero-order valence-corrected chi connectivity index (χ0v) is 13.7. The number of nitriles is 2. The molecule has 2 aromatic rings. The van der Waals surface area contributed by atoms with Gasteiger partial charge in [-0.15, -0.1) is 0 Å². The van der Waals surface area contributed by atoms with E-state index in [1.807, 2.05) is 12.1 Å². The third-order valence-corrected chi connectivity index (χ3v) is 3.23. The topological polar surface area (TPSA) is 100 Å². The molecule has 0 amide bonds. The van der Waals surface area contributed by atoms with Gasteiger partial charge in [0, 0.05) is 12.2 Å². The van der Waals surface area contributed by atoms with Crippen molar-refractivity contribution in [3.05, 3.63) is 82.9 Å². The van der Waals surface area contributed by atoms with Crippen molar-refractivity contribution in [2.24, 2.45) is 0 Å². The minimum Gasteiger partial charge on any atom is -0.458 e. The molecule has 26 heavy (non-hydrogen) atoms. The van der Waals surface area contributed by atoms with Gasteiger partial charge in [-0.3, -0.25) is 0 Å². The Hall–Kier alpha value is -3.90. The molecule has 0 heterocycles. The fourth-order valence-corrected chi connectivity index (χ4v) is 2.00. The van der Waals surface area contributed by atoms with E-state index in [1.165, 1.54) is 0 Å². The molecule has 0 atom stereocenters. The first kappa shape index (κ1) is 18.4. The largest absolute Gasteiger partial charge is 0.458 e. The molecule has 0 unspecified atom stereocenters. The summed E-state index contributed by atoms with van der Waals surface area (Å²) in [5, 5.41) is 17.6. The van der Waals surface area contributed by atoms with Crippen LogP contribution in [-0.4, -0.2) is 11.9 Å². The van der Waals surface area contributed by atoms with Gasteiger partial charge in [-0.1, -0.05) is 24.3 Å². The molecule has 2 rings (SSSR count). The highest BCUT2D eigenvalue weighted by atomic mass is 16.5. The predicted octanol–water partition coefficient (Wildman–Crippen LogP) is 2.77. The van der Waals surface area contributed by atoms with Crippen LogP contribution in [0.4, 0.5) is 0 Å². The van der Waals surface area contributed by atoms with Crippen molar-refractivity contribution in [1.29, 1.82) is 10.5 Å². The lowest BCUT2D eigenvalue weighted by Gasteiger charge is -2.03. The van der Waals surface area contributed by atoms with Crippen LogP contribution in [0.3, 0.4) is 0 Å². The van der Waals surface area contributed by atoms with Crippen molar-refractivity contribution < 1.29 is 19.1 Å². The van der Waals surface area contributed by atoms with Crippen LogP contribution in [-0.2, 0) is 32.3 Å². The predicted molar refractivity (Wildman–Crippen MR) is 91.0 cm³/mol. The number of hydrogen-bond acceptors (Lipinski definition) is 6. The Kier molecular flexibility index (Phi) is 6.67. The van der Waals surface area contributed by atoms with Crippen LogP contribution in [0.5, 0.6) is 0 Å². The van der Waals surface area contributed by atoms with E-state index in [1.54, 1.807) is 48.5 Å². The van der Waals surface area contributed by atoms with Crippen LogP contribution in [0.2, 0.25) is 0 Å². The fourth-order valence-electron chi connectivity index (χ4n) is 2.00. The third-order valence-electron chi connectivity index (χ3n) is 3.23. The van der Waals surface area contributed by atoms with E-state index in [0.717, 1.165) is 12.2 Å². The molecule has 0 aliphatic rings. The van der Waals surface area contributed by atoms with E-state index in [2.05, 4.69) is 0 Å². The Balaban J connectivity index is 1.78. The minimum atomic E-state index is -0.698. The smallest absolute Gasteiger partial charge is 0.331 e. The summed E-state index contributed by atoms with van der Waals surface area (Å²) in [6.45, 7) is -0.0105. The molecule has 0 aliphatic heterocycles. The monoisotopic (exact) mass is 346 g/mol. The molecule has 0 spiro atoms. The molecule has 6 heteroatoms. The van der Waals surface area contributed by atoms with Gasteiger partial charge in [0.15, 0.2) is 0 Å². The van der Waals surface area contributed by atoms with E-state index in [0.29, 0.717) is 22.3 Å². The maximum atomic E-state index is 11.6. The number of benzene rings is 2. The summed E-state index contributed by atoms with van der Waals surface area (Å²) in [6, 6.07) is 17.3. The molecule has 0 aliphatic carbocycles. The standard InChI is InChI=1S/C20H14N2O4/c21-11-15-3-1-5-17(9-15)13-25-19(23)7-8-20(24)26-14-18-6-2-4-16(10-18)12-22/h1-10H,13-14H2/b8-7+. The van der Waals surface area contributed by atoms with Gasteiger partial charge < -0.3 is 9.47 Å². The van der Waals surface area contributed by atoms with Gasteiger partial charge in [-0.2, -0.15) is 10.5 Å². The molecular weight excluding hydrogens is 332 g/mol. The number of rotatable bonds is 6. The number of nitrogens with zero attached hydrogens (tertiary/aromatic N) is 2. The Morgan fingerprint density at radius 1 is 0.808 bits per heavy atom. The summed E-state index contributed by atoms with van der Waals surface area (Å²) in [6.07, 6.45) is 1.95. The third kappa shape index (κ3) is 5.95. The summed E-state index contributed by atoms with van der Waals surface area (Å²) < 4.78 is 9.98. The average Bonchev–Trinajstić information content (AvgIpc) is 2.69. The SMILES string of the molecule is N#Cc1cccc(COC(=O)/C=C/C(=O)OCc2cccc(C#N)c2)c1. The first-order valence-electron chi connectivity index (χ1n) is 7.60. The molecule has 0 aromatic heterocycles. The summed E-state index contributed by atoms with van der Waals surface area (Å²) in [7, 11) is 0. The zero-order chi connectivity index (χ0) is 18.8. The average molecular weight is 346 g/mol. The quantitative estimate of drug-likeness (QED) is 0.589. The maximum Gasteiger partial charge on any atom is 0.331 e. The normalized spacial score (nSPS) is 9.92. The van der Waals surface area contributed by atoms with Crippen LogP contribution in [0.15, 0.2) is 60.7 Å². The van der Waals surface area contributed by atoms with Gasteiger partial charge in [-0.05, 0) is 35.4 Å². The molecule has 128 valence electrons. The second-order valence-electron chi connectivity index (χ2n) is 5.17. The number of ether oxygens (including phenoxy) is 2. The van der Waals surface area contributed by atoms with Crippen molar-refractivity contribution in [2.75, 3.05) is 0 Å². The molecule has 0 bridgehead atoms. The molecular formula is C20H14N2O4. The van der Waals surface area contributed by atoms with Crippen molar-refractivity contribution in [2.45, 2.75) is 13.2 Å². The molecule has 0 saturated heterocycles. The maximum absolute atomic E-state index is 11.6. The highest BCUT2D eigenvalue weighted by Gasteiger charge is 2.04. The lowest BCUT2D eigenvalue weighted by molar-refractivity contribution is -0.141. The van der Waals surface area contributed by atoms with E-state index < -0.39 is 11.9 Å². The zero-order valence-electron chi connectivity index (χ0n) is 13.7. The second kappa shape index (κ2) is 9.41. The van der Waals surface area contributed by atoms with Crippen molar-refractivity contribution >= 4 is 11.9 Å². The van der Waals surface area contributed by atoms with Crippen LogP contribution >= 0.6 is 0 Å². The summed E-state index contributed by atoms with van der Waals surface area (Å²) >= 11 is 0. The lowest BCUT2D eigenvalue weighted by atomic mass is 10.1. The van der Waals surface area contributed by atoms with Crippen LogP contribution in [0, 0.1) is 22.7 Å². The number of hydrogen-bond donors (Lipinski definition) is 0. The first-order valence-corrected chi connectivity index (χ1v) is 7.60. The first-order chi connectivity index (χ1) is 12.6. The van der Waals surface area contributed by atoms with Gasteiger partial charge >= 0.3 is 11.9 Å².